The van der Waals surface area contributed by atoms with E-state index < -0.39 is 73.7 Å². The Morgan fingerprint density at radius 1 is 0.458 bits per heavy atom. The third-order valence-electron chi connectivity index (χ3n) is 13.3. The third kappa shape index (κ3) is 7.41. The summed E-state index contributed by atoms with van der Waals surface area (Å²) in [4.78, 5) is 5.13. The zero-order valence-corrected chi connectivity index (χ0v) is 40.6. The zero-order valence-electron chi connectivity index (χ0n) is 48.5. The largest absolute Gasteiger partial charge is 0.0811 e. The quantitative estimate of drug-likeness (QED) is 0.0735. The number of fused-ring (bicyclic) bond motifs is 4. The Labute approximate surface area is 435 Å². The number of rotatable bonds is 11. The van der Waals surface area contributed by atoms with Crippen LogP contribution in [0.1, 0.15) is 13.7 Å². The van der Waals surface area contributed by atoms with Crippen LogP contribution in [0, 0.1) is 6.33 Å². The SMILES string of the molecule is [2H]c1c([2H])c([2H])c(-c2cccc(-c3c([2H])c([2H])c([2H])c([2H])c3[2H])c2-[n+]2[c-]n(-c3cccc(Oc4ccc5c6ccccc6n(-c6c[c]([Ge]([c]7ccccc7)([c]7ccccc7)[c]7ccccc7)ccn6)c5c4)c3)c3ccccc32)c([2H])c1[2H]. The van der Waals surface area contributed by atoms with Crippen LogP contribution in [-0.4, -0.2) is 27.4 Å². The molecule has 72 heavy (non-hydrogen) atoms. The molecule has 13 aromatic rings. The summed E-state index contributed by atoms with van der Waals surface area (Å²) in [6, 6.07) is 65.9. The zero-order chi connectivity index (χ0) is 56.6. The number of benzene rings is 10. The summed E-state index contributed by atoms with van der Waals surface area (Å²) in [6.07, 6.45) is 5.40. The fraction of sp³-hybridized carbons (Fsp3) is 0. The average molecular weight is 994 g/mol. The number of imidazole rings is 1. The van der Waals surface area contributed by atoms with E-state index >= 15 is 0 Å². The molecule has 0 saturated heterocycles. The van der Waals surface area contributed by atoms with Crippen LogP contribution < -0.4 is 26.9 Å². The standard InChI is InChI=1S/C66H46GeN4O/c1-6-22-48(23-7-1)57-35-21-36-58(49-24-8-2-9-25-49)66(57)70-47-69(62-38-18-19-39-63(62)70)54-32-20-33-55(45-54)72-56-40-41-60-59-34-16-17-37-61(59)71(64(60)46-56)65-44-53(42-43-68-65)67(50-26-10-3-11-27-50,51-28-12-4-13-29-51)52-30-14-5-15-31-52/h1-46H/i1D,2D,6D,7D,8D,9D,22D,23D,24D,25D. The topological polar surface area (TPSA) is 35.9 Å². The molecule has 0 N–H and O–H groups in total. The van der Waals surface area contributed by atoms with E-state index in [9.17, 15) is 0 Å². The molecule has 0 aliphatic carbocycles. The Bertz CT molecular complexity index is 4450. The van der Waals surface area contributed by atoms with Crippen molar-refractivity contribution in [3.63, 3.8) is 0 Å². The number of aromatic nitrogens is 4. The van der Waals surface area contributed by atoms with Gasteiger partial charge in [-0.3, -0.25) is 4.57 Å². The van der Waals surface area contributed by atoms with Crippen molar-refractivity contribution in [2.75, 3.05) is 0 Å². The molecule has 6 heteroatoms. The van der Waals surface area contributed by atoms with E-state index in [2.05, 4.69) is 132 Å². The van der Waals surface area contributed by atoms with Gasteiger partial charge in [-0.2, -0.15) is 0 Å². The summed E-state index contributed by atoms with van der Waals surface area (Å²) in [5, 5.41) is 2.09. The predicted molar refractivity (Wildman–Crippen MR) is 297 cm³/mol. The first-order valence-electron chi connectivity index (χ1n) is 28.5. The predicted octanol–water partition coefficient (Wildman–Crippen LogP) is 12.7. The van der Waals surface area contributed by atoms with Crippen LogP contribution in [0.4, 0.5) is 0 Å². The number of hydrogen-bond acceptors (Lipinski definition) is 2. The maximum absolute atomic E-state index is 9.08. The summed E-state index contributed by atoms with van der Waals surface area (Å²) in [6.45, 7) is 0. The van der Waals surface area contributed by atoms with Gasteiger partial charge in [0.2, 0.25) is 0 Å². The first-order chi connectivity index (χ1) is 39.9. The molecule has 0 amide bonds. The molecule has 5 nitrogen and oxygen atoms in total. The summed E-state index contributed by atoms with van der Waals surface area (Å²) in [7, 11) is 0. The van der Waals surface area contributed by atoms with Crippen LogP contribution in [0.3, 0.4) is 0 Å². The fourth-order valence-corrected chi connectivity index (χ4v) is 20.3. The minimum Gasteiger partial charge on any atom is -0.0666 e. The summed E-state index contributed by atoms with van der Waals surface area (Å²) >= 11 is -3.70. The smallest absolute Gasteiger partial charge is 0.0666 e. The minimum atomic E-state index is -3.70. The second kappa shape index (κ2) is 18.4. The van der Waals surface area contributed by atoms with Crippen molar-refractivity contribution in [1.29, 1.82) is 0 Å². The van der Waals surface area contributed by atoms with Crippen molar-refractivity contribution in [2.24, 2.45) is 0 Å². The molecule has 3 heterocycles. The normalized spacial score (nSPS) is 13.6. The molecular formula is C66H46GeN4O. The van der Waals surface area contributed by atoms with Gasteiger partial charge in [0.1, 0.15) is 0 Å². The molecule has 0 atom stereocenters. The number of hydrogen-bond donors (Lipinski definition) is 0. The van der Waals surface area contributed by atoms with Crippen molar-refractivity contribution in [3.05, 3.63) is 285 Å². The number of ether oxygens (including phenoxy) is 1. The molecule has 340 valence electrons. The van der Waals surface area contributed by atoms with Crippen molar-refractivity contribution >= 4 is 63.7 Å². The van der Waals surface area contributed by atoms with Gasteiger partial charge in [0.15, 0.2) is 0 Å². The first kappa shape index (κ1) is 33.5. The van der Waals surface area contributed by atoms with Crippen LogP contribution in [0.2, 0.25) is 0 Å². The van der Waals surface area contributed by atoms with E-state index in [0.717, 1.165) is 27.6 Å². The molecule has 0 fully saturated rings. The molecular weight excluding hydrogens is 937 g/mol. The van der Waals surface area contributed by atoms with Crippen molar-refractivity contribution in [2.45, 2.75) is 0 Å². The third-order valence-corrected chi connectivity index (χ3v) is 23.4. The molecule has 0 unspecified atom stereocenters. The van der Waals surface area contributed by atoms with Gasteiger partial charge < -0.3 is 0 Å². The fourth-order valence-electron chi connectivity index (χ4n) is 10.3. The van der Waals surface area contributed by atoms with Crippen LogP contribution in [0.25, 0.3) is 72.3 Å². The van der Waals surface area contributed by atoms with Crippen molar-refractivity contribution in [1.82, 2.24) is 14.1 Å². The number of nitrogens with zero attached hydrogens (tertiary/aromatic N) is 4. The van der Waals surface area contributed by atoms with Gasteiger partial charge in [0.25, 0.3) is 6.33 Å². The summed E-state index contributed by atoms with van der Waals surface area (Å²) in [5.41, 5.74) is 3.93. The van der Waals surface area contributed by atoms with Crippen LogP contribution in [-0.2, 0) is 0 Å². The molecule has 0 saturated carbocycles. The van der Waals surface area contributed by atoms with E-state index in [0.29, 0.717) is 28.2 Å². The second-order valence-corrected chi connectivity index (χ2v) is 25.3. The molecule has 0 bridgehead atoms. The van der Waals surface area contributed by atoms with E-state index in [1.807, 2.05) is 79.0 Å². The van der Waals surface area contributed by atoms with E-state index in [-0.39, 0.29) is 27.9 Å². The minimum absolute atomic E-state index is 0.134. The monoisotopic (exact) mass is 994 g/mol. The van der Waals surface area contributed by atoms with Crippen LogP contribution >= 0.6 is 0 Å². The van der Waals surface area contributed by atoms with Crippen molar-refractivity contribution < 1.29 is 23.0 Å². The van der Waals surface area contributed by atoms with Crippen LogP contribution in [0.5, 0.6) is 11.5 Å². The number of para-hydroxylation sites is 4. The van der Waals surface area contributed by atoms with Gasteiger partial charge in [-0.15, -0.1) is 0 Å². The van der Waals surface area contributed by atoms with Crippen LogP contribution in [0.15, 0.2) is 279 Å². The van der Waals surface area contributed by atoms with E-state index in [1.54, 1.807) is 27.3 Å². The first-order valence-corrected chi connectivity index (χ1v) is 27.7. The van der Waals surface area contributed by atoms with Crippen molar-refractivity contribution in [3.8, 4) is 50.9 Å². The Morgan fingerprint density at radius 3 is 1.67 bits per heavy atom. The van der Waals surface area contributed by atoms with Gasteiger partial charge in [-0.05, 0) is 22.3 Å². The average Bonchev–Trinajstić information content (AvgIpc) is 4.11. The molecule has 13 rings (SSSR count). The van der Waals surface area contributed by atoms with Gasteiger partial charge in [0.05, 0.1) is 30.4 Å². The number of pyridine rings is 1. The molecule has 0 radical (unpaired) electrons. The second-order valence-electron chi connectivity index (χ2n) is 17.3. The van der Waals surface area contributed by atoms with Gasteiger partial charge in [0, 0.05) is 0 Å². The molecule has 0 aliphatic heterocycles. The maximum atomic E-state index is 9.08. The summed E-state index contributed by atoms with van der Waals surface area (Å²) < 4.78 is 105. The molecule has 0 spiro atoms. The summed E-state index contributed by atoms with van der Waals surface area (Å²) in [5.74, 6) is 1.84. The van der Waals surface area contributed by atoms with E-state index in [4.69, 9.17) is 23.4 Å². The van der Waals surface area contributed by atoms with E-state index in [1.165, 1.54) is 17.6 Å². The van der Waals surface area contributed by atoms with Gasteiger partial charge >= 0.3 is 271 Å². The Kier molecular flexibility index (Phi) is 8.54. The molecule has 10 aromatic carbocycles. The van der Waals surface area contributed by atoms with Gasteiger partial charge in [-0.25, -0.2) is 0 Å². The maximum Gasteiger partial charge on any atom is 0.0811 e. The Balaban J connectivity index is 0.952. The molecule has 0 aliphatic rings. The Morgan fingerprint density at radius 2 is 1.01 bits per heavy atom. The van der Waals surface area contributed by atoms with Gasteiger partial charge in [-0.1, -0.05) is 103 Å². The Hall–Kier alpha value is -9.04. The molecule has 3 aromatic heterocycles.